The van der Waals surface area contributed by atoms with Crippen molar-refractivity contribution in [2.45, 2.75) is 99.2 Å². The average Bonchev–Trinajstić information content (AvgIpc) is 3.27. The Balaban J connectivity index is 0.000000225. The van der Waals surface area contributed by atoms with Crippen LogP contribution in [0.2, 0.25) is 0 Å². The first-order valence-corrected chi connectivity index (χ1v) is 21.6. The number of nitrogens with zero attached hydrogens (tertiary/aromatic N) is 2. The summed E-state index contributed by atoms with van der Waals surface area (Å²) in [4.78, 5) is 0. The summed E-state index contributed by atoms with van der Waals surface area (Å²) in [6.07, 6.45) is 7.23. The van der Waals surface area contributed by atoms with E-state index in [4.69, 9.17) is 8.22 Å². The Morgan fingerprint density at radius 2 is 1.03 bits per heavy atom. The van der Waals surface area contributed by atoms with Gasteiger partial charge in [0.1, 0.15) is 14.1 Å². The third-order valence-electron chi connectivity index (χ3n) is 14.6. The van der Waals surface area contributed by atoms with E-state index < -0.39 is 13.7 Å². The minimum Gasteiger partial charge on any atom is -0.265 e. The van der Waals surface area contributed by atoms with Crippen LogP contribution in [-0.2, 0) is 95.8 Å². The molecule has 0 spiro atoms. The molecular formula is C60H62N2Y2-2. The summed E-state index contributed by atoms with van der Waals surface area (Å²) in [5, 5.41) is 0. The van der Waals surface area contributed by atoms with Crippen molar-refractivity contribution in [1.29, 1.82) is 0 Å². The van der Waals surface area contributed by atoms with E-state index in [0.29, 0.717) is 11.1 Å². The van der Waals surface area contributed by atoms with Crippen molar-refractivity contribution >= 4 is 5.57 Å². The van der Waals surface area contributed by atoms with Gasteiger partial charge in [0.05, 0.1) is 0 Å². The standard InChI is InChI=1S/C32H32N.C28H30N.2Y/c1-21-13-16-30(33(7)20-21)25-19-27-26-18-24(23-11-9-8-10-12-23)14-15-28(26)31(3,4)32(5,6)29(27)17-22(25)2;1-19-13-14-26(29(7)18-19)22-16-25-23(15-20(22)2)24(21-11-9-8-10-12-21)17-27(3,4)28(25,5)6;;/h8-11,13-17,19-20H,1-7H3;8-11,13-16,18H,1-7H3;;/q2*-1;;/i2*1D3;;. The van der Waals surface area contributed by atoms with E-state index in [0.717, 1.165) is 55.9 Å². The van der Waals surface area contributed by atoms with E-state index in [-0.39, 0.29) is 87.1 Å². The first-order valence-electron chi connectivity index (χ1n) is 24.6. The minimum absolute atomic E-state index is 0. The maximum atomic E-state index is 7.78. The van der Waals surface area contributed by atoms with Crippen LogP contribution in [-0.4, -0.2) is 0 Å². The molecule has 2 aromatic heterocycles. The number of aromatic nitrogens is 2. The molecule has 0 atom stereocenters. The second-order valence-corrected chi connectivity index (χ2v) is 19.5. The number of pyridine rings is 2. The van der Waals surface area contributed by atoms with E-state index in [2.05, 4.69) is 142 Å². The molecule has 2 aliphatic carbocycles. The maximum Gasteiger partial charge on any atom is 0.212 e. The Morgan fingerprint density at radius 1 is 0.500 bits per heavy atom. The van der Waals surface area contributed by atoms with E-state index in [1.54, 1.807) is 24.5 Å². The van der Waals surface area contributed by atoms with Gasteiger partial charge >= 0.3 is 0 Å². The summed E-state index contributed by atoms with van der Waals surface area (Å²) in [6, 6.07) is 47.4. The molecule has 2 radical (unpaired) electrons. The Morgan fingerprint density at radius 3 is 1.58 bits per heavy atom. The van der Waals surface area contributed by atoms with Crippen LogP contribution in [0.3, 0.4) is 0 Å². The monoisotopic (exact) mass is 994 g/mol. The fourth-order valence-corrected chi connectivity index (χ4v) is 9.44. The third kappa shape index (κ3) is 8.72. The third-order valence-corrected chi connectivity index (χ3v) is 14.6. The molecule has 0 saturated heterocycles. The predicted octanol–water partition coefficient (Wildman–Crippen LogP) is 13.4. The van der Waals surface area contributed by atoms with Crippen molar-refractivity contribution in [2.24, 2.45) is 19.5 Å². The van der Waals surface area contributed by atoms with Gasteiger partial charge in [-0.15, -0.1) is 35.4 Å². The number of aryl methyl sites for hydroxylation is 6. The molecular weight excluding hydrogens is 926 g/mol. The van der Waals surface area contributed by atoms with Crippen molar-refractivity contribution in [3.63, 3.8) is 0 Å². The minimum atomic E-state index is -2.13. The van der Waals surface area contributed by atoms with Crippen LogP contribution >= 0.6 is 0 Å². The molecule has 0 aliphatic heterocycles. The van der Waals surface area contributed by atoms with Crippen LogP contribution in [0.4, 0.5) is 0 Å². The van der Waals surface area contributed by atoms with Crippen LogP contribution in [0.25, 0.3) is 50.3 Å². The normalized spacial score (nSPS) is 17.5. The zero-order chi connectivity index (χ0) is 49.5. The number of hydrogen-bond acceptors (Lipinski definition) is 0. The van der Waals surface area contributed by atoms with E-state index in [9.17, 15) is 0 Å². The average molecular weight is 995 g/mol. The Hall–Kier alpha value is -3.65. The fourth-order valence-electron chi connectivity index (χ4n) is 9.44. The molecule has 0 N–H and O–H groups in total. The molecule has 2 nitrogen and oxygen atoms in total. The van der Waals surface area contributed by atoms with Crippen molar-refractivity contribution in [3.05, 3.63) is 196 Å². The van der Waals surface area contributed by atoms with Crippen molar-refractivity contribution in [3.8, 4) is 44.8 Å². The van der Waals surface area contributed by atoms with Gasteiger partial charge in [-0.05, 0) is 67.1 Å². The second kappa shape index (κ2) is 18.6. The van der Waals surface area contributed by atoms with Gasteiger partial charge in [0, 0.05) is 108 Å². The molecule has 0 unspecified atom stereocenters. The van der Waals surface area contributed by atoms with Crippen molar-refractivity contribution in [2.75, 3.05) is 0 Å². The predicted molar refractivity (Wildman–Crippen MR) is 257 cm³/mol. The van der Waals surface area contributed by atoms with Gasteiger partial charge < -0.3 is 0 Å². The van der Waals surface area contributed by atoms with Gasteiger partial charge in [0.15, 0.2) is 12.4 Å². The SMILES string of the molecule is [2H]C([2H])([2H])c1ccc(-c2cc3c(cc2C)C(C)(C)C(C)(C)c2ccc(-c4[c-]cccc4)[c-]c2-3)[n+](C)c1.[2H]C([2H])([2H])c1ccc(-c2cc3c(cc2C)C(c2[c-]cccc2)=[C-]C(C)(C)C3(C)C)[n+](C)c1.[Y].[Y]. The summed E-state index contributed by atoms with van der Waals surface area (Å²) in [6.45, 7) is 18.4. The van der Waals surface area contributed by atoms with Crippen LogP contribution in [0.5, 0.6) is 0 Å². The van der Waals surface area contributed by atoms with Gasteiger partial charge in [-0.3, -0.25) is 11.1 Å². The fraction of sp³-hybridized carbons (Fsp3) is 0.300. The number of rotatable bonds is 4. The Bertz CT molecular complexity index is 3130. The number of benzene rings is 5. The van der Waals surface area contributed by atoms with Gasteiger partial charge in [-0.1, -0.05) is 95.7 Å². The van der Waals surface area contributed by atoms with Gasteiger partial charge in [-0.2, -0.15) is 59.7 Å². The number of allylic oxidation sites excluding steroid dienone is 1. The van der Waals surface area contributed by atoms with E-state index in [1.807, 2.05) is 71.8 Å². The van der Waals surface area contributed by atoms with Gasteiger partial charge in [0.25, 0.3) is 0 Å². The first kappa shape index (κ1) is 41.8. The van der Waals surface area contributed by atoms with Crippen LogP contribution in [0.15, 0.2) is 122 Å². The topological polar surface area (TPSA) is 7.76 Å². The van der Waals surface area contributed by atoms with Crippen molar-refractivity contribution in [1.82, 2.24) is 0 Å². The van der Waals surface area contributed by atoms with Crippen LogP contribution in [0, 0.1) is 57.2 Å². The largest absolute Gasteiger partial charge is 0.265 e. The molecule has 0 saturated carbocycles. The quantitative estimate of drug-likeness (QED) is 0.123. The molecule has 0 fully saturated rings. The molecule has 4 heteroatoms. The van der Waals surface area contributed by atoms with Crippen LogP contribution in [0.1, 0.15) is 114 Å². The second-order valence-electron chi connectivity index (χ2n) is 19.5. The summed E-state index contributed by atoms with van der Waals surface area (Å²) >= 11 is 0. The number of fused-ring (bicyclic) bond motifs is 4. The smallest absolute Gasteiger partial charge is 0.212 e. The molecule has 2 heterocycles. The summed E-state index contributed by atoms with van der Waals surface area (Å²) in [5.74, 6) is 0. The summed E-state index contributed by atoms with van der Waals surface area (Å²) in [5.41, 5.74) is 18.3. The van der Waals surface area contributed by atoms with Gasteiger partial charge in [0.2, 0.25) is 11.4 Å². The summed E-state index contributed by atoms with van der Waals surface area (Å²) in [7, 11) is 3.83. The van der Waals surface area contributed by atoms with Gasteiger partial charge in [-0.25, -0.2) is 32.9 Å². The molecule has 9 rings (SSSR count). The first-order chi connectivity index (χ1) is 31.6. The van der Waals surface area contributed by atoms with E-state index >= 15 is 0 Å². The molecule has 64 heavy (non-hydrogen) atoms. The number of hydrogen-bond donors (Lipinski definition) is 0. The molecule has 7 aromatic rings. The Labute approximate surface area is 443 Å². The maximum absolute atomic E-state index is 7.78. The zero-order valence-electron chi connectivity index (χ0n) is 45.6. The van der Waals surface area contributed by atoms with Crippen molar-refractivity contribution < 1.29 is 82.8 Å². The Kier molecular flexibility index (Phi) is 12.1. The summed E-state index contributed by atoms with van der Waals surface area (Å²) < 4.78 is 50.3. The van der Waals surface area contributed by atoms with E-state index in [1.165, 1.54) is 33.4 Å². The van der Waals surface area contributed by atoms with Crippen LogP contribution < -0.4 is 9.13 Å². The molecule has 5 aromatic carbocycles. The molecule has 0 bridgehead atoms. The molecule has 320 valence electrons. The molecule has 0 amide bonds. The molecule has 2 aliphatic rings. The zero-order valence-corrected chi connectivity index (χ0v) is 45.3.